The molecule has 0 saturated carbocycles. The van der Waals surface area contributed by atoms with Crippen LogP contribution in [0.1, 0.15) is 44.2 Å². The fourth-order valence-corrected chi connectivity index (χ4v) is 4.44. The van der Waals surface area contributed by atoms with Gasteiger partial charge >= 0.3 is 0 Å². The largest absolute Gasteiger partial charge is 0.239 e. The molecule has 0 aliphatic heterocycles. The Morgan fingerprint density at radius 3 is 2.35 bits per heavy atom. The number of hydrogen-bond donors (Lipinski definition) is 0. The maximum Gasteiger partial charge on any atom is 0.239 e. The summed E-state index contributed by atoms with van der Waals surface area (Å²) in [7, 11) is -3.30. The summed E-state index contributed by atoms with van der Waals surface area (Å²) in [6.45, 7) is 5.25. The first-order chi connectivity index (χ1) is 9.59. The number of sulfonamides is 1. The maximum absolute atomic E-state index is 12.7. The zero-order valence-corrected chi connectivity index (χ0v) is 13.1. The van der Waals surface area contributed by atoms with Crippen molar-refractivity contribution in [1.29, 1.82) is 0 Å². The lowest BCUT2D eigenvalue weighted by molar-refractivity contribution is 0.413. The first kappa shape index (κ1) is 15.3. The minimum absolute atomic E-state index is 0.568. The Morgan fingerprint density at radius 1 is 1.05 bits per heavy atom. The average molecular weight is 293 g/mol. The van der Waals surface area contributed by atoms with Gasteiger partial charge in [0.25, 0.3) is 0 Å². The lowest BCUT2D eigenvalue weighted by atomic mass is 9.98. The van der Waals surface area contributed by atoms with Gasteiger partial charge in [-0.1, -0.05) is 38.1 Å². The van der Waals surface area contributed by atoms with Crippen LogP contribution in [0.5, 0.6) is 0 Å². The zero-order chi connectivity index (χ0) is 14.6. The number of aryl methyl sites for hydroxylation is 1. The van der Waals surface area contributed by atoms with Gasteiger partial charge in [-0.3, -0.25) is 0 Å². The van der Waals surface area contributed by atoms with Crippen molar-refractivity contribution in [3.8, 4) is 0 Å². The molecule has 0 bridgehead atoms. The Morgan fingerprint density at radius 2 is 1.70 bits per heavy atom. The van der Waals surface area contributed by atoms with Crippen LogP contribution in [0.15, 0.2) is 29.2 Å². The molecule has 0 fully saturated rings. The van der Waals surface area contributed by atoms with E-state index in [0.717, 1.165) is 24.8 Å². The second-order valence-corrected chi connectivity index (χ2v) is 7.20. The van der Waals surface area contributed by atoms with Crippen LogP contribution < -0.4 is 0 Å². The molecule has 4 heteroatoms. The lowest BCUT2D eigenvalue weighted by Gasteiger charge is -2.25. The van der Waals surface area contributed by atoms with Crippen molar-refractivity contribution in [3.63, 3.8) is 0 Å². The standard InChI is InChI=1S/C16H23NO2S/c1-3-11-17(12-4-2)20(18,19)16-10-9-14-7-5-6-8-15(14)13-16/h5-8,13H,3-4,9-12H2,1-2H3. The van der Waals surface area contributed by atoms with E-state index >= 15 is 0 Å². The minimum atomic E-state index is -3.30. The molecule has 110 valence electrons. The van der Waals surface area contributed by atoms with E-state index in [1.54, 1.807) is 4.31 Å². The summed E-state index contributed by atoms with van der Waals surface area (Å²) < 4.78 is 27.1. The van der Waals surface area contributed by atoms with Crippen LogP contribution in [-0.2, 0) is 16.4 Å². The molecule has 1 aromatic rings. The predicted molar refractivity (Wildman–Crippen MR) is 83.8 cm³/mol. The Hall–Kier alpha value is -1.13. The van der Waals surface area contributed by atoms with Crippen molar-refractivity contribution >= 4 is 16.1 Å². The van der Waals surface area contributed by atoms with Gasteiger partial charge in [0.1, 0.15) is 0 Å². The normalized spacial score (nSPS) is 15.1. The summed E-state index contributed by atoms with van der Waals surface area (Å²) in [6.07, 6.45) is 4.98. The van der Waals surface area contributed by atoms with E-state index in [4.69, 9.17) is 0 Å². The van der Waals surface area contributed by atoms with Crippen molar-refractivity contribution in [1.82, 2.24) is 4.31 Å². The molecule has 3 nitrogen and oxygen atoms in total. The number of fused-ring (bicyclic) bond motifs is 1. The van der Waals surface area contributed by atoms with Crippen molar-refractivity contribution < 1.29 is 8.42 Å². The fourth-order valence-electron chi connectivity index (χ4n) is 2.63. The second-order valence-electron chi connectivity index (χ2n) is 5.21. The molecule has 0 saturated heterocycles. The Balaban J connectivity index is 2.33. The van der Waals surface area contributed by atoms with E-state index in [1.807, 2.05) is 38.1 Å². The molecule has 0 aromatic heterocycles. The fraction of sp³-hybridized carbons (Fsp3) is 0.500. The van der Waals surface area contributed by atoms with Crippen LogP contribution in [0.25, 0.3) is 6.08 Å². The molecule has 0 spiro atoms. The third-order valence-corrected chi connectivity index (χ3v) is 5.66. The third kappa shape index (κ3) is 3.13. The number of benzene rings is 1. The summed E-state index contributed by atoms with van der Waals surface area (Å²) in [4.78, 5) is 0.568. The van der Waals surface area contributed by atoms with Crippen LogP contribution in [0.3, 0.4) is 0 Å². The lowest BCUT2D eigenvalue weighted by Crippen LogP contribution is -2.34. The Labute approximate surface area is 122 Å². The summed E-state index contributed by atoms with van der Waals surface area (Å²) in [6, 6.07) is 8.03. The number of hydrogen-bond acceptors (Lipinski definition) is 2. The van der Waals surface area contributed by atoms with Crippen LogP contribution in [-0.4, -0.2) is 25.8 Å². The molecule has 1 aromatic carbocycles. The topological polar surface area (TPSA) is 37.4 Å². The molecule has 0 radical (unpaired) electrons. The van der Waals surface area contributed by atoms with E-state index in [1.165, 1.54) is 5.56 Å². The van der Waals surface area contributed by atoms with E-state index in [-0.39, 0.29) is 0 Å². The maximum atomic E-state index is 12.7. The van der Waals surface area contributed by atoms with Gasteiger partial charge in [0, 0.05) is 13.1 Å². The zero-order valence-electron chi connectivity index (χ0n) is 12.3. The predicted octanol–water partition coefficient (Wildman–Crippen LogP) is 3.43. The highest BCUT2D eigenvalue weighted by Gasteiger charge is 2.27. The highest BCUT2D eigenvalue weighted by Crippen LogP contribution is 2.28. The Bertz CT molecular complexity index is 584. The second kappa shape index (κ2) is 6.55. The molecule has 0 heterocycles. The molecule has 0 atom stereocenters. The van der Waals surface area contributed by atoms with Crippen molar-refractivity contribution in [2.45, 2.75) is 39.5 Å². The minimum Gasteiger partial charge on any atom is -0.207 e. The first-order valence-corrected chi connectivity index (χ1v) is 8.82. The van der Waals surface area contributed by atoms with Crippen molar-refractivity contribution in [2.75, 3.05) is 13.1 Å². The average Bonchev–Trinajstić information content (AvgIpc) is 2.46. The summed E-state index contributed by atoms with van der Waals surface area (Å²) in [5.74, 6) is 0. The first-order valence-electron chi connectivity index (χ1n) is 7.38. The van der Waals surface area contributed by atoms with Gasteiger partial charge < -0.3 is 0 Å². The number of nitrogens with zero attached hydrogens (tertiary/aromatic N) is 1. The molecule has 1 aliphatic carbocycles. The van der Waals surface area contributed by atoms with Gasteiger partial charge in [-0.2, -0.15) is 4.31 Å². The van der Waals surface area contributed by atoms with E-state index in [9.17, 15) is 8.42 Å². The molecule has 0 unspecified atom stereocenters. The molecule has 20 heavy (non-hydrogen) atoms. The molecule has 2 rings (SSSR count). The van der Waals surface area contributed by atoms with Crippen molar-refractivity contribution in [2.24, 2.45) is 0 Å². The Kier molecular flexibility index (Phi) is 5.00. The van der Waals surface area contributed by atoms with Gasteiger partial charge in [-0.05, 0) is 42.9 Å². The van der Waals surface area contributed by atoms with Crippen molar-refractivity contribution in [3.05, 3.63) is 40.3 Å². The van der Waals surface area contributed by atoms with Gasteiger partial charge in [0.2, 0.25) is 10.0 Å². The molecular formula is C16H23NO2S. The monoisotopic (exact) mass is 293 g/mol. The van der Waals surface area contributed by atoms with Crippen LogP contribution >= 0.6 is 0 Å². The van der Waals surface area contributed by atoms with Crippen LogP contribution in [0.2, 0.25) is 0 Å². The quantitative estimate of drug-likeness (QED) is 0.806. The van der Waals surface area contributed by atoms with Gasteiger partial charge in [-0.15, -0.1) is 0 Å². The van der Waals surface area contributed by atoms with Gasteiger partial charge in [-0.25, -0.2) is 8.42 Å². The van der Waals surface area contributed by atoms with Gasteiger partial charge in [0.15, 0.2) is 0 Å². The molecular weight excluding hydrogens is 270 g/mol. The molecule has 0 amide bonds. The summed E-state index contributed by atoms with van der Waals surface area (Å²) in [5.41, 5.74) is 2.29. The highest BCUT2D eigenvalue weighted by atomic mass is 32.2. The summed E-state index contributed by atoms with van der Waals surface area (Å²) in [5, 5.41) is 0. The smallest absolute Gasteiger partial charge is 0.207 e. The number of allylic oxidation sites excluding steroid dienone is 1. The summed E-state index contributed by atoms with van der Waals surface area (Å²) >= 11 is 0. The highest BCUT2D eigenvalue weighted by molar-refractivity contribution is 7.93. The molecule has 1 aliphatic rings. The third-order valence-electron chi connectivity index (χ3n) is 3.63. The number of rotatable bonds is 6. The van der Waals surface area contributed by atoms with E-state index < -0.39 is 10.0 Å². The van der Waals surface area contributed by atoms with Gasteiger partial charge in [0.05, 0.1) is 4.91 Å². The SMILES string of the molecule is CCCN(CCC)S(=O)(=O)C1=Cc2ccccc2CC1. The van der Waals surface area contributed by atoms with Crippen LogP contribution in [0, 0.1) is 0 Å². The van der Waals surface area contributed by atoms with Crippen LogP contribution in [0.4, 0.5) is 0 Å². The van der Waals surface area contributed by atoms with E-state index in [0.29, 0.717) is 24.4 Å². The molecule has 0 N–H and O–H groups in total. The van der Waals surface area contributed by atoms with E-state index in [2.05, 4.69) is 6.07 Å².